The molecule has 1 aromatic heterocycles. The number of hydrogen-bond donors (Lipinski definition) is 1. The zero-order valence-corrected chi connectivity index (χ0v) is 12.0. The summed E-state index contributed by atoms with van der Waals surface area (Å²) in [5, 5.41) is 4.68. The van der Waals surface area contributed by atoms with Crippen LogP contribution in [0.3, 0.4) is 0 Å². The van der Waals surface area contributed by atoms with Gasteiger partial charge in [0.25, 0.3) is 0 Å². The second kappa shape index (κ2) is 5.58. The average molecular weight is 305 g/mol. The van der Waals surface area contributed by atoms with Crippen LogP contribution in [0.1, 0.15) is 37.7 Å². The smallest absolute Gasteiger partial charge is 0.110 e. The van der Waals surface area contributed by atoms with E-state index in [1.807, 2.05) is 6.20 Å². The number of nitrogens with zero attached hydrogens (tertiary/aromatic N) is 1. The predicted octanol–water partition coefficient (Wildman–Crippen LogP) is 3.12. The van der Waals surface area contributed by atoms with Gasteiger partial charge in [-0.2, -0.15) is 0 Å². The third kappa shape index (κ3) is 3.03. The van der Waals surface area contributed by atoms with Gasteiger partial charge in [0.1, 0.15) is 5.01 Å². The van der Waals surface area contributed by atoms with Crippen LogP contribution in [0.5, 0.6) is 0 Å². The maximum Gasteiger partial charge on any atom is 0.110 e. The highest BCUT2D eigenvalue weighted by atomic mass is 79.9. The van der Waals surface area contributed by atoms with Crippen molar-refractivity contribution in [1.29, 1.82) is 0 Å². The molecule has 3 atom stereocenters. The molecule has 1 aliphatic heterocycles. The van der Waals surface area contributed by atoms with Crippen LogP contribution < -0.4 is 5.32 Å². The summed E-state index contributed by atoms with van der Waals surface area (Å²) in [7, 11) is 0. The molecule has 3 unspecified atom stereocenters. The van der Waals surface area contributed by atoms with Gasteiger partial charge >= 0.3 is 0 Å². The molecule has 2 heterocycles. The maximum absolute atomic E-state index is 5.67. The molecule has 0 radical (unpaired) electrons. The van der Waals surface area contributed by atoms with Gasteiger partial charge in [0.15, 0.2) is 0 Å². The summed E-state index contributed by atoms with van der Waals surface area (Å²) in [5.74, 6) is 0. The van der Waals surface area contributed by atoms with Crippen molar-refractivity contribution in [3.63, 3.8) is 0 Å². The first-order valence-electron chi connectivity index (χ1n) is 5.65. The molecule has 0 aromatic carbocycles. The molecular weight excluding hydrogens is 288 g/mol. The molecule has 0 spiro atoms. The van der Waals surface area contributed by atoms with Crippen molar-refractivity contribution in [3.05, 3.63) is 15.0 Å². The van der Waals surface area contributed by atoms with E-state index in [1.54, 1.807) is 11.3 Å². The molecular formula is C11H17BrN2OS. The minimum Gasteiger partial charge on any atom is -0.377 e. The van der Waals surface area contributed by atoms with E-state index < -0.39 is 0 Å². The first-order chi connectivity index (χ1) is 7.66. The average Bonchev–Trinajstić information content (AvgIpc) is 2.87. The first kappa shape index (κ1) is 12.5. The largest absolute Gasteiger partial charge is 0.377 e. The third-order valence-electron chi connectivity index (χ3n) is 2.90. The van der Waals surface area contributed by atoms with E-state index in [0.29, 0.717) is 12.1 Å². The number of thiazole rings is 1. The maximum atomic E-state index is 5.67. The van der Waals surface area contributed by atoms with Crippen molar-refractivity contribution >= 4 is 27.3 Å². The van der Waals surface area contributed by atoms with Gasteiger partial charge in [0.2, 0.25) is 0 Å². The Balaban J connectivity index is 1.88. The number of rotatable bonds is 4. The summed E-state index contributed by atoms with van der Waals surface area (Å²) in [6, 6.07) is 0.677. The van der Waals surface area contributed by atoms with Gasteiger partial charge in [0, 0.05) is 12.6 Å². The fraction of sp³-hybridized carbons (Fsp3) is 0.727. The molecule has 0 saturated carbocycles. The second-order valence-corrected chi connectivity index (χ2v) is 6.67. The van der Waals surface area contributed by atoms with Crippen molar-refractivity contribution in [2.24, 2.45) is 0 Å². The number of nitrogens with one attached hydrogen (secondary N) is 1. The molecule has 90 valence electrons. The highest BCUT2D eigenvalue weighted by molar-refractivity contribution is 9.11. The normalized spacial score (nSPS) is 24.6. The predicted molar refractivity (Wildman–Crippen MR) is 69.8 cm³/mol. The van der Waals surface area contributed by atoms with Crippen molar-refractivity contribution in [2.45, 2.75) is 44.9 Å². The lowest BCUT2D eigenvalue weighted by Gasteiger charge is -2.23. The molecule has 1 N–H and O–H groups in total. The minimum absolute atomic E-state index is 0.287. The molecule has 16 heavy (non-hydrogen) atoms. The Morgan fingerprint density at radius 1 is 1.62 bits per heavy atom. The van der Waals surface area contributed by atoms with Crippen molar-refractivity contribution in [3.8, 4) is 0 Å². The lowest BCUT2D eigenvalue weighted by Crippen LogP contribution is -2.38. The molecule has 5 heteroatoms. The van der Waals surface area contributed by atoms with Crippen LogP contribution in [-0.2, 0) is 4.74 Å². The third-order valence-corrected chi connectivity index (χ3v) is 4.56. The van der Waals surface area contributed by atoms with E-state index in [2.05, 4.69) is 40.1 Å². The van der Waals surface area contributed by atoms with E-state index in [1.165, 1.54) is 12.8 Å². The second-order valence-electron chi connectivity index (χ2n) is 4.23. The Morgan fingerprint density at radius 2 is 2.44 bits per heavy atom. The van der Waals surface area contributed by atoms with E-state index in [-0.39, 0.29) is 6.04 Å². The van der Waals surface area contributed by atoms with Gasteiger partial charge in [-0.25, -0.2) is 4.98 Å². The van der Waals surface area contributed by atoms with Crippen molar-refractivity contribution < 1.29 is 4.74 Å². The molecule has 0 amide bonds. The lowest BCUT2D eigenvalue weighted by atomic mass is 10.1. The molecule has 0 bridgehead atoms. The fourth-order valence-corrected chi connectivity index (χ4v) is 3.29. The van der Waals surface area contributed by atoms with Crippen LogP contribution in [0.2, 0.25) is 0 Å². The Morgan fingerprint density at radius 3 is 3.00 bits per heavy atom. The molecule has 0 aliphatic carbocycles. The van der Waals surface area contributed by atoms with Gasteiger partial charge in [0.05, 0.1) is 22.1 Å². The zero-order valence-electron chi connectivity index (χ0n) is 9.57. The summed E-state index contributed by atoms with van der Waals surface area (Å²) < 4.78 is 6.75. The number of aromatic nitrogens is 1. The van der Waals surface area contributed by atoms with Gasteiger partial charge in [-0.1, -0.05) is 0 Å². The van der Waals surface area contributed by atoms with E-state index in [9.17, 15) is 0 Å². The van der Waals surface area contributed by atoms with E-state index in [4.69, 9.17) is 4.74 Å². The Kier molecular flexibility index (Phi) is 4.35. The molecule has 1 saturated heterocycles. The summed E-state index contributed by atoms with van der Waals surface area (Å²) in [6.45, 7) is 5.25. The summed E-state index contributed by atoms with van der Waals surface area (Å²) in [5.41, 5.74) is 0. The molecule has 2 rings (SSSR count). The zero-order chi connectivity index (χ0) is 11.5. The van der Waals surface area contributed by atoms with Gasteiger partial charge < -0.3 is 10.1 Å². The molecule has 3 nitrogen and oxygen atoms in total. The van der Waals surface area contributed by atoms with Crippen LogP contribution >= 0.6 is 27.3 Å². The Hall–Kier alpha value is 0.0300. The molecule has 1 aliphatic rings. The fourth-order valence-electron chi connectivity index (χ4n) is 2.04. The molecule has 1 fully saturated rings. The Bertz CT molecular complexity index is 338. The highest BCUT2D eigenvalue weighted by Crippen LogP contribution is 2.25. The number of hydrogen-bond acceptors (Lipinski definition) is 4. The highest BCUT2D eigenvalue weighted by Gasteiger charge is 2.24. The van der Waals surface area contributed by atoms with Crippen molar-refractivity contribution in [2.75, 3.05) is 6.61 Å². The van der Waals surface area contributed by atoms with Crippen LogP contribution in [0.4, 0.5) is 0 Å². The SMILES string of the molecule is CC(NC(C)C1CCCO1)c1ncc(Br)s1. The van der Waals surface area contributed by atoms with Crippen molar-refractivity contribution in [1.82, 2.24) is 10.3 Å². The van der Waals surface area contributed by atoms with E-state index >= 15 is 0 Å². The van der Waals surface area contributed by atoms with Crippen LogP contribution in [0.15, 0.2) is 9.98 Å². The standard InChI is InChI=1S/C11H17BrN2OS/c1-7(9-4-3-5-15-9)14-8(2)11-13-6-10(12)16-11/h6-9,14H,3-5H2,1-2H3. The van der Waals surface area contributed by atoms with Crippen LogP contribution in [-0.4, -0.2) is 23.7 Å². The van der Waals surface area contributed by atoms with Gasteiger partial charge in [-0.15, -0.1) is 11.3 Å². The van der Waals surface area contributed by atoms with Gasteiger partial charge in [-0.05, 0) is 42.6 Å². The lowest BCUT2D eigenvalue weighted by molar-refractivity contribution is 0.0804. The van der Waals surface area contributed by atoms with E-state index in [0.717, 1.165) is 15.4 Å². The summed E-state index contributed by atoms with van der Waals surface area (Å²) in [6.07, 6.45) is 4.58. The monoisotopic (exact) mass is 304 g/mol. The number of ether oxygens (including phenoxy) is 1. The quantitative estimate of drug-likeness (QED) is 0.928. The summed E-state index contributed by atoms with van der Waals surface area (Å²) in [4.78, 5) is 4.36. The first-order valence-corrected chi connectivity index (χ1v) is 7.26. The summed E-state index contributed by atoms with van der Waals surface area (Å²) >= 11 is 5.12. The molecule has 1 aromatic rings. The minimum atomic E-state index is 0.287. The number of halogens is 1. The van der Waals surface area contributed by atoms with Crippen LogP contribution in [0, 0.1) is 0 Å². The topological polar surface area (TPSA) is 34.1 Å². The van der Waals surface area contributed by atoms with Gasteiger partial charge in [-0.3, -0.25) is 0 Å². The van der Waals surface area contributed by atoms with Crippen LogP contribution in [0.25, 0.3) is 0 Å². The Labute approximate surface area is 109 Å².